The van der Waals surface area contributed by atoms with Gasteiger partial charge >= 0.3 is 0 Å². The van der Waals surface area contributed by atoms with Gasteiger partial charge in [-0.2, -0.15) is 0 Å². The summed E-state index contributed by atoms with van der Waals surface area (Å²) in [6.45, 7) is 0.633. The van der Waals surface area contributed by atoms with Crippen LogP contribution in [0.15, 0.2) is 90.2 Å². The van der Waals surface area contributed by atoms with Gasteiger partial charge in [-0.1, -0.05) is 60.3 Å². The molecule has 3 aromatic carbocycles. The van der Waals surface area contributed by atoms with E-state index in [1.54, 1.807) is 7.11 Å². The van der Waals surface area contributed by atoms with Crippen molar-refractivity contribution in [2.45, 2.75) is 18.1 Å². The number of H-pyrrole nitrogens is 1. The number of benzene rings is 3. The van der Waals surface area contributed by atoms with Crippen LogP contribution in [0, 0.1) is 0 Å². The highest BCUT2D eigenvalue weighted by atomic mass is 32.2. The number of nitrogens with zero attached hydrogens (tertiary/aromatic N) is 3. The van der Waals surface area contributed by atoms with Crippen LogP contribution in [-0.2, 0) is 17.8 Å². The van der Waals surface area contributed by atoms with E-state index in [4.69, 9.17) is 4.74 Å². The Bertz CT molecular complexity index is 1430. The van der Waals surface area contributed by atoms with Crippen molar-refractivity contribution < 1.29 is 9.53 Å². The summed E-state index contributed by atoms with van der Waals surface area (Å²) in [4.78, 5) is 15.9. The topological polar surface area (TPSA) is 84.8 Å². The van der Waals surface area contributed by atoms with Crippen molar-refractivity contribution in [3.8, 4) is 5.75 Å². The summed E-state index contributed by atoms with van der Waals surface area (Å²) in [5, 5.41) is 13.8. The van der Waals surface area contributed by atoms with E-state index in [2.05, 4.69) is 49.3 Å². The van der Waals surface area contributed by atoms with Gasteiger partial charge in [0.05, 0.1) is 19.4 Å². The molecule has 0 aliphatic rings. The minimum absolute atomic E-state index is 0.104. The van der Waals surface area contributed by atoms with Gasteiger partial charge in [-0.3, -0.25) is 4.79 Å². The number of aromatic amines is 1. The maximum absolute atomic E-state index is 12.6. The summed E-state index contributed by atoms with van der Waals surface area (Å²) in [6, 6.07) is 25.7. The molecule has 0 saturated carbocycles. The van der Waals surface area contributed by atoms with Crippen LogP contribution < -0.4 is 10.1 Å². The average molecular weight is 484 g/mol. The van der Waals surface area contributed by atoms with Gasteiger partial charge in [0.25, 0.3) is 0 Å². The van der Waals surface area contributed by atoms with E-state index in [0.717, 1.165) is 33.9 Å². The van der Waals surface area contributed by atoms with E-state index >= 15 is 0 Å². The number of carbonyl (C=O) groups is 1. The Morgan fingerprint density at radius 1 is 1.00 bits per heavy atom. The molecular weight excluding hydrogens is 458 g/mol. The minimum atomic E-state index is -0.104. The van der Waals surface area contributed by atoms with E-state index < -0.39 is 0 Å². The molecule has 8 heteroatoms. The third-order valence-electron chi connectivity index (χ3n) is 5.71. The average Bonchev–Trinajstić information content (AvgIpc) is 3.48. The van der Waals surface area contributed by atoms with Gasteiger partial charge in [0.1, 0.15) is 11.6 Å². The van der Waals surface area contributed by atoms with Crippen molar-refractivity contribution in [1.29, 1.82) is 0 Å². The normalized spacial score (nSPS) is 11.0. The van der Waals surface area contributed by atoms with Gasteiger partial charge in [0, 0.05) is 29.2 Å². The summed E-state index contributed by atoms with van der Waals surface area (Å²) < 4.78 is 7.27. The number of aromatic nitrogens is 4. The third-order valence-corrected chi connectivity index (χ3v) is 6.67. The first-order valence-corrected chi connectivity index (χ1v) is 12.3. The largest absolute Gasteiger partial charge is 0.497 e. The SMILES string of the molecule is COc1ccc(NC(=O)CSc2nnc(Cc3c[nH]c4ccccc34)n2Cc2ccccc2)cc1. The zero-order valence-corrected chi connectivity index (χ0v) is 20.1. The lowest BCUT2D eigenvalue weighted by molar-refractivity contribution is -0.113. The summed E-state index contributed by atoms with van der Waals surface area (Å²) in [6.07, 6.45) is 2.67. The fraction of sp³-hybridized carbons (Fsp3) is 0.148. The molecular formula is C27H25N5O2S. The van der Waals surface area contributed by atoms with Crippen LogP contribution >= 0.6 is 11.8 Å². The number of carbonyl (C=O) groups excluding carboxylic acids is 1. The molecule has 35 heavy (non-hydrogen) atoms. The molecule has 0 fully saturated rings. The monoisotopic (exact) mass is 483 g/mol. The lowest BCUT2D eigenvalue weighted by atomic mass is 10.1. The first-order chi connectivity index (χ1) is 17.2. The van der Waals surface area contributed by atoms with Crippen LogP contribution in [0.1, 0.15) is 17.0 Å². The Morgan fingerprint density at radius 2 is 1.77 bits per heavy atom. The molecule has 0 aliphatic carbocycles. The Kier molecular flexibility index (Phi) is 6.81. The van der Waals surface area contributed by atoms with Crippen molar-refractivity contribution in [3.63, 3.8) is 0 Å². The zero-order chi connectivity index (χ0) is 24.0. The van der Waals surface area contributed by atoms with Gasteiger partial charge in [-0.05, 0) is 41.5 Å². The van der Waals surface area contributed by atoms with Crippen LogP contribution in [-0.4, -0.2) is 38.5 Å². The Hall–Kier alpha value is -4.04. The molecule has 7 nitrogen and oxygen atoms in total. The number of anilines is 1. The van der Waals surface area contributed by atoms with Gasteiger partial charge in [-0.15, -0.1) is 10.2 Å². The van der Waals surface area contributed by atoms with Crippen LogP contribution in [0.5, 0.6) is 5.75 Å². The predicted octanol–water partition coefficient (Wildman–Crippen LogP) is 5.14. The second-order valence-electron chi connectivity index (χ2n) is 8.07. The number of thioether (sulfide) groups is 1. The molecule has 0 saturated heterocycles. The molecule has 5 aromatic rings. The third kappa shape index (κ3) is 5.38. The number of methoxy groups -OCH3 is 1. The molecule has 0 radical (unpaired) electrons. The number of para-hydroxylation sites is 1. The van der Waals surface area contributed by atoms with Crippen molar-refractivity contribution in [3.05, 3.63) is 102 Å². The first kappa shape index (κ1) is 22.7. The molecule has 0 atom stereocenters. The maximum atomic E-state index is 12.6. The molecule has 0 bridgehead atoms. The number of amides is 1. The summed E-state index contributed by atoms with van der Waals surface area (Å²) in [7, 11) is 1.61. The second-order valence-corrected chi connectivity index (χ2v) is 9.01. The van der Waals surface area contributed by atoms with Crippen LogP contribution in [0.2, 0.25) is 0 Å². The highest BCUT2D eigenvalue weighted by Crippen LogP contribution is 2.24. The molecule has 0 spiro atoms. The second kappa shape index (κ2) is 10.5. The molecule has 0 unspecified atom stereocenters. The molecule has 5 rings (SSSR count). The molecule has 1 amide bonds. The molecule has 2 N–H and O–H groups in total. The Balaban J connectivity index is 1.34. The summed E-state index contributed by atoms with van der Waals surface area (Å²) in [5.41, 5.74) is 4.14. The van der Waals surface area contributed by atoms with Gasteiger partial charge < -0.3 is 19.6 Å². The Labute approximate surface area is 207 Å². The smallest absolute Gasteiger partial charge is 0.234 e. The standard InChI is InChI=1S/C27H25N5O2S/c1-34-22-13-11-21(12-14-22)29-26(33)18-35-27-31-30-25(32(27)17-19-7-3-2-4-8-19)15-20-16-28-24-10-6-5-9-23(20)24/h2-14,16,28H,15,17-18H2,1H3,(H,29,33). The van der Waals surface area contributed by atoms with Crippen molar-refractivity contribution in [2.75, 3.05) is 18.2 Å². The highest BCUT2D eigenvalue weighted by molar-refractivity contribution is 7.99. The van der Waals surface area contributed by atoms with E-state index in [9.17, 15) is 4.79 Å². The summed E-state index contributed by atoms with van der Waals surface area (Å²) in [5.74, 6) is 1.73. The number of hydrogen-bond donors (Lipinski definition) is 2. The number of fused-ring (bicyclic) bond motifs is 1. The van der Waals surface area contributed by atoms with Gasteiger partial charge in [-0.25, -0.2) is 0 Å². The maximum Gasteiger partial charge on any atom is 0.234 e. The highest BCUT2D eigenvalue weighted by Gasteiger charge is 2.17. The Morgan fingerprint density at radius 3 is 2.57 bits per heavy atom. The number of ether oxygens (including phenoxy) is 1. The number of nitrogens with one attached hydrogen (secondary N) is 2. The van der Waals surface area contributed by atoms with Gasteiger partial charge in [0.15, 0.2) is 5.16 Å². The minimum Gasteiger partial charge on any atom is -0.497 e. The van der Waals surface area contributed by atoms with Crippen molar-refractivity contribution in [2.24, 2.45) is 0 Å². The lowest BCUT2D eigenvalue weighted by Crippen LogP contribution is -2.15. The van der Waals surface area contributed by atoms with Crippen LogP contribution in [0.3, 0.4) is 0 Å². The van der Waals surface area contributed by atoms with E-state index in [-0.39, 0.29) is 11.7 Å². The number of hydrogen-bond acceptors (Lipinski definition) is 5. The predicted molar refractivity (Wildman–Crippen MR) is 139 cm³/mol. The quantitative estimate of drug-likeness (QED) is 0.284. The first-order valence-electron chi connectivity index (χ1n) is 11.3. The fourth-order valence-corrected chi connectivity index (χ4v) is 4.69. The zero-order valence-electron chi connectivity index (χ0n) is 19.3. The van der Waals surface area contributed by atoms with Crippen LogP contribution in [0.25, 0.3) is 10.9 Å². The number of rotatable bonds is 9. The van der Waals surface area contributed by atoms with Crippen molar-refractivity contribution >= 4 is 34.3 Å². The molecule has 2 aromatic heterocycles. The van der Waals surface area contributed by atoms with E-state index in [1.807, 2.05) is 60.8 Å². The molecule has 0 aliphatic heterocycles. The molecule has 176 valence electrons. The van der Waals surface area contributed by atoms with Crippen molar-refractivity contribution in [1.82, 2.24) is 19.7 Å². The molecule has 2 heterocycles. The lowest BCUT2D eigenvalue weighted by Gasteiger charge is -2.11. The van der Waals surface area contributed by atoms with Crippen LogP contribution in [0.4, 0.5) is 5.69 Å². The van der Waals surface area contributed by atoms with Gasteiger partial charge in [0.2, 0.25) is 5.91 Å². The summed E-state index contributed by atoms with van der Waals surface area (Å²) >= 11 is 1.38. The van der Waals surface area contributed by atoms with E-state index in [0.29, 0.717) is 18.1 Å². The fourth-order valence-electron chi connectivity index (χ4n) is 3.93. The van der Waals surface area contributed by atoms with E-state index in [1.165, 1.54) is 17.1 Å².